The van der Waals surface area contributed by atoms with Crippen LogP contribution in [-0.4, -0.2) is 17.5 Å². The zero-order valence-corrected chi connectivity index (χ0v) is 10.8. The van der Waals surface area contributed by atoms with E-state index < -0.39 is 0 Å². The molecule has 2 N–H and O–H groups in total. The third kappa shape index (κ3) is 4.14. The average Bonchev–Trinajstić information content (AvgIpc) is 2.45. The third-order valence-electron chi connectivity index (χ3n) is 3.04. The van der Waals surface area contributed by atoms with Gasteiger partial charge in [0.2, 0.25) is 0 Å². The van der Waals surface area contributed by atoms with Gasteiger partial charge in [0.15, 0.2) is 0 Å². The summed E-state index contributed by atoms with van der Waals surface area (Å²) < 4.78 is 0. The molecule has 2 aromatic rings. The molecule has 0 heterocycles. The highest BCUT2D eigenvalue weighted by atomic mass is 16.2. The molecular weight excluding hydrogens is 236 g/mol. The Labute approximate surface area is 113 Å². The van der Waals surface area contributed by atoms with Crippen LogP contribution in [0, 0.1) is 0 Å². The lowest BCUT2D eigenvalue weighted by Crippen LogP contribution is -2.36. The Hall–Kier alpha value is -2.29. The first-order chi connectivity index (χ1) is 9.25. The van der Waals surface area contributed by atoms with Gasteiger partial charge in [0.25, 0.3) is 0 Å². The number of nitrogens with two attached hydrogens (primary N) is 1. The van der Waals surface area contributed by atoms with Gasteiger partial charge >= 0.3 is 6.03 Å². The number of rotatable bonds is 5. The number of urea groups is 1. The van der Waals surface area contributed by atoms with Crippen molar-refractivity contribution in [3.8, 4) is 0 Å². The maximum absolute atomic E-state index is 11.5. The first-order valence-electron chi connectivity index (χ1n) is 6.38. The van der Waals surface area contributed by atoms with Crippen molar-refractivity contribution in [1.29, 1.82) is 0 Å². The van der Waals surface area contributed by atoms with Gasteiger partial charge in [0.1, 0.15) is 0 Å². The highest BCUT2D eigenvalue weighted by molar-refractivity contribution is 5.72. The molecule has 2 amide bonds. The molecule has 3 nitrogen and oxygen atoms in total. The largest absolute Gasteiger partial charge is 0.351 e. The van der Waals surface area contributed by atoms with Crippen molar-refractivity contribution in [3.63, 3.8) is 0 Å². The van der Waals surface area contributed by atoms with Crippen LogP contribution in [0.25, 0.3) is 0 Å². The summed E-state index contributed by atoms with van der Waals surface area (Å²) in [5.74, 6) is 0. The molecule has 0 fully saturated rings. The van der Waals surface area contributed by atoms with Gasteiger partial charge in [-0.2, -0.15) is 0 Å². The van der Waals surface area contributed by atoms with Gasteiger partial charge in [-0.1, -0.05) is 60.7 Å². The topological polar surface area (TPSA) is 46.3 Å². The van der Waals surface area contributed by atoms with E-state index in [1.807, 2.05) is 48.5 Å². The molecule has 3 heteroatoms. The standard InChI is InChI=1S/C16H18N2O/c17-16(19)18(13-15-9-5-2-6-10-15)12-11-14-7-3-1-4-8-14/h1-10H,11-13H2,(H2,17,19). The normalized spacial score (nSPS) is 10.1. The second-order valence-electron chi connectivity index (χ2n) is 4.48. The van der Waals surface area contributed by atoms with Gasteiger partial charge in [-0.25, -0.2) is 4.79 Å². The first-order valence-corrected chi connectivity index (χ1v) is 6.38. The van der Waals surface area contributed by atoms with E-state index in [-0.39, 0.29) is 6.03 Å². The molecule has 0 aromatic heterocycles. The Balaban J connectivity index is 1.95. The lowest BCUT2D eigenvalue weighted by Gasteiger charge is -2.20. The molecule has 0 radical (unpaired) electrons. The number of benzene rings is 2. The van der Waals surface area contributed by atoms with E-state index >= 15 is 0 Å². The number of carbonyl (C=O) groups is 1. The van der Waals surface area contributed by atoms with E-state index in [4.69, 9.17) is 5.73 Å². The molecule has 0 aliphatic heterocycles. The number of hydrogen-bond acceptors (Lipinski definition) is 1. The molecule has 0 bridgehead atoms. The van der Waals surface area contributed by atoms with E-state index in [1.54, 1.807) is 4.90 Å². The van der Waals surface area contributed by atoms with Crippen molar-refractivity contribution in [2.75, 3.05) is 6.54 Å². The van der Waals surface area contributed by atoms with Crippen molar-refractivity contribution in [1.82, 2.24) is 4.90 Å². The van der Waals surface area contributed by atoms with E-state index in [1.165, 1.54) is 5.56 Å². The fourth-order valence-corrected chi connectivity index (χ4v) is 1.98. The maximum Gasteiger partial charge on any atom is 0.315 e. The minimum atomic E-state index is -0.375. The van der Waals surface area contributed by atoms with Crippen molar-refractivity contribution in [2.24, 2.45) is 5.73 Å². The van der Waals surface area contributed by atoms with Crippen LogP contribution in [0.1, 0.15) is 11.1 Å². The van der Waals surface area contributed by atoms with Crippen molar-refractivity contribution in [2.45, 2.75) is 13.0 Å². The van der Waals surface area contributed by atoms with E-state index in [2.05, 4.69) is 12.1 Å². The number of hydrogen-bond donors (Lipinski definition) is 1. The molecule has 0 aliphatic rings. The zero-order valence-electron chi connectivity index (χ0n) is 10.8. The smallest absolute Gasteiger partial charge is 0.315 e. The second-order valence-corrected chi connectivity index (χ2v) is 4.48. The molecule has 98 valence electrons. The van der Waals surface area contributed by atoms with Crippen LogP contribution < -0.4 is 5.73 Å². The predicted molar refractivity (Wildman–Crippen MR) is 76.6 cm³/mol. The summed E-state index contributed by atoms with van der Waals surface area (Å²) in [6, 6.07) is 19.6. The number of carbonyl (C=O) groups excluding carboxylic acids is 1. The monoisotopic (exact) mass is 254 g/mol. The lowest BCUT2D eigenvalue weighted by molar-refractivity contribution is 0.205. The summed E-state index contributed by atoms with van der Waals surface area (Å²) in [7, 11) is 0. The minimum Gasteiger partial charge on any atom is -0.351 e. The predicted octanol–water partition coefficient (Wildman–Crippen LogP) is 2.81. The molecular formula is C16H18N2O. The molecule has 0 atom stereocenters. The van der Waals surface area contributed by atoms with Crippen molar-refractivity contribution in [3.05, 3.63) is 71.8 Å². The summed E-state index contributed by atoms with van der Waals surface area (Å²) in [6.07, 6.45) is 0.816. The molecule has 0 unspecified atom stereocenters. The Bertz CT molecular complexity index is 511. The summed E-state index contributed by atoms with van der Waals surface area (Å²) in [5, 5.41) is 0. The second kappa shape index (κ2) is 6.59. The van der Waals surface area contributed by atoms with E-state index in [0.717, 1.165) is 12.0 Å². The molecule has 0 saturated heterocycles. The quantitative estimate of drug-likeness (QED) is 0.876. The molecule has 0 saturated carbocycles. The van der Waals surface area contributed by atoms with Crippen LogP contribution in [0.2, 0.25) is 0 Å². The van der Waals surface area contributed by atoms with E-state index in [9.17, 15) is 4.79 Å². The summed E-state index contributed by atoms with van der Waals surface area (Å²) >= 11 is 0. The summed E-state index contributed by atoms with van der Waals surface area (Å²) in [4.78, 5) is 13.1. The Morgan fingerprint density at radius 2 is 1.42 bits per heavy atom. The fourth-order valence-electron chi connectivity index (χ4n) is 1.98. The lowest BCUT2D eigenvalue weighted by atomic mass is 10.1. The minimum absolute atomic E-state index is 0.375. The van der Waals surface area contributed by atoms with Gasteiger partial charge in [-0.05, 0) is 17.5 Å². The summed E-state index contributed by atoms with van der Waals surface area (Å²) in [5.41, 5.74) is 7.74. The highest BCUT2D eigenvalue weighted by Crippen LogP contribution is 2.06. The maximum atomic E-state index is 11.5. The van der Waals surface area contributed by atoms with Gasteiger partial charge in [-0.3, -0.25) is 0 Å². The van der Waals surface area contributed by atoms with Gasteiger partial charge in [0, 0.05) is 13.1 Å². The van der Waals surface area contributed by atoms with Crippen LogP contribution in [0.5, 0.6) is 0 Å². The van der Waals surface area contributed by atoms with E-state index in [0.29, 0.717) is 13.1 Å². The molecule has 0 aliphatic carbocycles. The highest BCUT2D eigenvalue weighted by Gasteiger charge is 2.09. The van der Waals surface area contributed by atoms with Crippen LogP contribution in [0.3, 0.4) is 0 Å². The number of primary amides is 1. The van der Waals surface area contributed by atoms with Crippen LogP contribution in [-0.2, 0) is 13.0 Å². The SMILES string of the molecule is NC(=O)N(CCc1ccccc1)Cc1ccccc1. The molecule has 2 aromatic carbocycles. The van der Waals surface area contributed by atoms with Gasteiger partial charge in [0.05, 0.1) is 0 Å². The fraction of sp³-hybridized carbons (Fsp3) is 0.188. The molecule has 19 heavy (non-hydrogen) atoms. The first kappa shape index (κ1) is 13.1. The Kier molecular flexibility index (Phi) is 4.56. The van der Waals surface area contributed by atoms with Gasteiger partial charge in [-0.15, -0.1) is 0 Å². The van der Waals surface area contributed by atoms with Crippen LogP contribution in [0.15, 0.2) is 60.7 Å². The average molecular weight is 254 g/mol. The molecule has 2 rings (SSSR count). The Morgan fingerprint density at radius 1 is 0.895 bits per heavy atom. The number of nitrogens with zero attached hydrogens (tertiary/aromatic N) is 1. The zero-order chi connectivity index (χ0) is 13.5. The Morgan fingerprint density at radius 3 is 1.95 bits per heavy atom. The molecule has 0 spiro atoms. The third-order valence-corrected chi connectivity index (χ3v) is 3.04. The van der Waals surface area contributed by atoms with Crippen LogP contribution >= 0.6 is 0 Å². The van der Waals surface area contributed by atoms with Crippen molar-refractivity contribution < 1.29 is 4.79 Å². The summed E-state index contributed by atoms with van der Waals surface area (Å²) in [6.45, 7) is 1.19. The number of amides is 2. The van der Waals surface area contributed by atoms with Crippen molar-refractivity contribution >= 4 is 6.03 Å². The van der Waals surface area contributed by atoms with Gasteiger partial charge < -0.3 is 10.6 Å². The van der Waals surface area contributed by atoms with Crippen LogP contribution in [0.4, 0.5) is 4.79 Å².